The number of thiophene rings is 1. The second kappa shape index (κ2) is 9.43. The van der Waals surface area contributed by atoms with E-state index in [4.69, 9.17) is 9.15 Å². The number of aromatic nitrogens is 2. The van der Waals surface area contributed by atoms with E-state index in [-0.39, 0.29) is 23.4 Å². The van der Waals surface area contributed by atoms with E-state index in [1.165, 1.54) is 4.68 Å². The lowest BCUT2D eigenvalue weighted by Crippen LogP contribution is -2.25. The summed E-state index contributed by atoms with van der Waals surface area (Å²) in [5.41, 5.74) is 1.72. The van der Waals surface area contributed by atoms with Gasteiger partial charge in [0.25, 0.3) is 11.5 Å². The van der Waals surface area contributed by atoms with Crippen LogP contribution in [-0.4, -0.2) is 28.3 Å². The van der Waals surface area contributed by atoms with Crippen LogP contribution in [0.3, 0.4) is 0 Å². The number of hydrogen-bond donors (Lipinski definition) is 1. The number of esters is 1. The minimum Gasteiger partial charge on any atom is -0.461 e. The van der Waals surface area contributed by atoms with Gasteiger partial charge in [0.15, 0.2) is 11.5 Å². The Balaban J connectivity index is 1.62. The summed E-state index contributed by atoms with van der Waals surface area (Å²) >= 11 is 1.13. The van der Waals surface area contributed by atoms with E-state index in [2.05, 4.69) is 24.3 Å². The molecule has 0 saturated heterocycles. The van der Waals surface area contributed by atoms with E-state index in [1.54, 1.807) is 36.6 Å². The Bertz CT molecular complexity index is 1630. The van der Waals surface area contributed by atoms with Crippen LogP contribution in [0.25, 0.3) is 27.4 Å². The number of ether oxygens (including phenoxy) is 1. The van der Waals surface area contributed by atoms with Crippen molar-refractivity contribution in [2.24, 2.45) is 0 Å². The molecule has 0 aliphatic heterocycles. The summed E-state index contributed by atoms with van der Waals surface area (Å²) in [7, 11) is 0. The molecule has 5 rings (SSSR count). The molecule has 0 bridgehead atoms. The molecular weight excluding hydrogens is 478 g/mol. The molecule has 3 heterocycles. The van der Waals surface area contributed by atoms with Gasteiger partial charge in [0.05, 0.1) is 17.7 Å². The number of furan rings is 1. The number of carbonyl (C=O) groups is 2. The molecule has 2 aromatic carbocycles. The molecule has 0 saturated carbocycles. The number of nitrogens with one attached hydrogen (secondary N) is 1. The van der Waals surface area contributed by atoms with Crippen molar-refractivity contribution < 1.29 is 18.7 Å². The Morgan fingerprint density at radius 2 is 1.89 bits per heavy atom. The van der Waals surface area contributed by atoms with Gasteiger partial charge in [-0.2, -0.15) is 9.78 Å². The third-order valence-electron chi connectivity index (χ3n) is 5.80. The fourth-order valence-corrected chi connectivity index (χ4v) is 4.86. The van der Waals surface area contributed by atoms with Crippen LogP contribution in [0.2, 0.25) is 0 Å². The minimum atomic E-state index is -0.650. The van der Waals surface area contributed by atoms with Gasteiger partial charge in [-0.15, -0.1) is 11.3 Å². The summed E-state index contributed by atoms with van der Waals surface area (Å²) in [5.74, 6) is -0.722. The minimum absolute atomic E-state index is 0.000118. The zero-order chi connectivity index (χ0) is 25.4. The van der Waals surface area contributed by atoms with Gasteiger partial charge in [-0.1, -0.05) is 44.2 Å². The Labute approximate surface area is 210 Å². The largest absolute Gasteiger partial charge is 0.461 e. The molecule has 1 amide bonds. The van der Waals surface area contributed by atoms with Gasteiger partial charge >= 0.3 is 5.97 Å². The highest BCUT2D eigenvalue weighted by molar-refractivity contribution is 7.16. The fraction of sp³-hybridized carbons (Fsp3) is 0.185. The molecule has 36 heavy (non-hydrogen) atoms. The first-order valence-electron chi connectivity index (χ1n) is 11.5. The monoisotopic (exact) mass is 501 g/mol. The Hall–Kier alpha value is -4.24. The van der Waals surface area contributed by atoms with E-state index in [1.807, 2.05) is 30.3 Å². The molecule has 1 N–H and O–H groups in total. The number of rotatable bonds is 6. The topological polar surface area (TPSA) is 103 Å². The number of nitrogens with zero attached hydrogens (tertiary/aromatic N) is 2. The van der Waals surface area contributed by atoms with E-state index < -0.39 is 17.4 Å². The Kier molecular flexibility index (Phi) is 6.15. The van der Waals surface area contributed by atoms with Gasteiger partial charge in [0.1, 0.15) is 10.6 Å². The normalized spacial score (nSPS) is 11.3. The quantitative estimate of drug-likeness (QED) is 0.297. The Morgan fingerprint density at radius 3 is 2.58 bits per heavy atom. The zero-order valence-electron chi connectivity index (χ0n) is 19.9. The zero-order valence-corrected chi connectivity index (χ0v) is 20.7. The molecule has 0 fully saturated rings. The van der Waals surface area contributed by atoms with Crippen molar-refractivity contribution in [3.8, 4) is 5.69 Å². The molecule has 9 heteroatoms. The summed E-state index contributed by atoms with van der Waals surface area (Å²) in [4.78, 5) is 39.4. The maximum atomic E-state index is 13.6. The number of hydrogen-bond acceptors (Lipinski definition) is 7. The standard InChI is InChI=1S/C27H23N3O5S/c1-4-34-27(33)23-19-14-36-25(28-24(31)21-13-17-7-5-6-8-20(17)35-21)22(19)26(32)30(29-23)18-11-9-16(10-12-18)15(2)3/h5-15H,4H2,1-3H3,(H,28,31). The number of carbonyl (C=O) groups excluding carboxylic acids is 2. The second-order valence-corrected chi connectivity index (χ2v) is 9.37. The number of fused-ring (bicyclic) bond motifs is 2. The van der Waals surface area contributed by atoms with Crippen LogP contribution in [0, 0.1) is 0 Å². The van der Waals surface area contributed by atoms with Crippen molar-refractivity contribution in [1.29, 1.82) is 0 Å². The first-order chi connectivity index (χ1) is 17.4. The van der Waals surface area contributed by atoms with Gasteiger partial charge in [0.2, 0.25) is 0 Å². The van der Waals surface area contributed by atoms with E-state index in [0.717, 1.165) is 22.3 Å². The predicted octanol–water partition coefficient (Wildman–Crippen LogP) is 5.75. The molecule has 0 spiro atoms. The lowest BCUT2D eigenvalue weighted by Gasteiger charge is -2.11. The van der Waals surface area contributed by atoms with Crippen molar-refractivity contribution in [3.63, 3.8) is 0 Å². The average Bonchev–Trinajstić information content (AvgIpc) is 3.49. The highest BCUT2D eigenvalue weighted by Crippen LogP contribution is 2.31. The molecule has 0 unspecified atom stereocenters. The van der Waals surface area contributed by atoms with Crippen LogP contribution in [-0.2, 0) is 4.74 Å². The summed E-state index contributed by atoms with van der Waals surface area (Å²) in [6.45, 7) is 6.01. The third kappa shape index (κ3) is 4.18. The predicted molar refractivity (Wildman–Crippen MR) is 139 cm³/mol. The first kappa shape index (κ1) is 23.5. The molecule has 3 aromatic heterocycles. The highest BCUT2D eigenvalue weighted by Gasteiger charge is 2.24. The lowest BCUT2D eigenvalue weighted by molar-refractivity contribution is 0.0520. The maximum absolute atomic E-state index is 13.6. The van der Waals surface area contributed by atoms with Crippen molar-refractivity contribution in [2.45, 2.75) is 26.7 Å². The summed E-state index contributed by atoms with van der Waals surface area (Å²) in [6, 6.07) is 16.3. The van der Waals surface area contributed by atoms with Gasteiger partial charge < -0.3 is 14.5 Å². The van der Waals surface area contributed by atoms with Gasteiger partial charge in [-0.05, 0) is 42.7 Å². The summed E-state index contributed by atoms with van der Waals surface area (Å²) < 4.78 is 12.0. The van der Waals surface area contributed by atoms with Crippen molar-refractivity contribution in [3.05, 3.63) is 87.3 Å². The average molecular weight is 502 g/mol. The molecule has 8 nitrogen and oxygen atoms in total. The van der Waals surface area contributed by atoms with Crippen molar-refractivity contribution >= 4 is 50.0 Å². The first-order valence-corrected chi connectivity index (χ1v) is 12.4. The van der Waals surface area contributed by atoms with Crippen molar-refractivity contribution in [2.75, 3.05) is 11.9 Å². The summed E-state index contributed by atoms with van der Waals surface area (Å²) in [6.07, 6.45) is 0. The summed E-state index contributed by atoms with van der Waals surface area (Å²) in [5, 5.41) is 10.3. The van der Waals surface area contributed by atoms with Crippen molar-refractivity contribution in [1.82, 2.24) is 9.78 Å². The van der Waals surface area contributed by atoms with E-state index in [9.17, 15) is 14.4 Å². The van der Waals surface area contributed by atoms with Gasteiger partial charge in [-0.25, -0.2) is 4.79 Å². The van der Waals surface area contributed by atoms with E-state index >= 15 is 0 Å². The number of benzene rings is 2. The SMILES string of the molecule is CCOC(=O)c1nn(-c2ccc(C(C)C)cc2)c(=O)c2c(NC(=O)c3cc4ccccc4o3)scc12. The van der Waals surface area contributed by atoms with Crippen LogP contribution in [0.15, 0.2) is 69.2 Å². The van der Waals surface area contributed by atoms with Crippen LogP contribution >= 0.6 is 11.3 Å². The Morgan fingerprint density at radius 1 is 1.14 bits per heavy atom. The number of anilines is 1. The fourth-order valence-electron chi connectivity index (χ4n) is 3.93. The number of amides is 1. The van der Waals surface area contributed by atoms with E-state index in [0.29, 0.717) is 27.6 Å². The van der Waals surface area contributed by atoms with Gasteiger partial charge in [-0.3, -0.25) is 9.59 Å². The van der Waals surface area contributed by atoms with Crippen LogP contribution < -0.4 is 10.9 Å². The molecule has 0 radical (unpaired) electrons. The number of para-hydroxylation sites is 1. The molecule has 0 aliphatic carbocycles. The van der Waals surface area contributed by atoms with Crippen LogP contribution in [0.1, 0.15) is 53.3 Å². The molecule has 0 atom stereocenters. The highest BCUT2D eigenvalue weighted by atomic mass is 32.1. The van der Waals surface area contributed by atoms with Gasteiger partial charge in [0, 0.05) is 16.2 Å². The lowest BCUT2D eigenvalue weighted by atomic mass is 10.0. The maximum Gasteiger partial charge on any atom is 0.359 e. The molecule has 0 aliphatic rings. The third-order valence-corrected chi connectivity index (χ3v) is 6.70. The molecule has 182 valence electrons. The molecule has 5 aromatic rings. The molecular formula is C27H23N3O5S. The van der Waals surface area contributed by atoms with Crippen LogP contribution in [0.5, 0.6) is 0 Å². The van der Waals surface area contributed by atoms with Crippen LogP contribution in [0.4, 0.5) is 5.00 Å². The smallest absolute Gasteiger partial charge is 0.359 e. The second-order valence-electron chi connectivity index (χ2n) is 8.49.